The third-order valence-electron chi connectivity index (χ3n) is 2.99. The fraction of sp³-hybridized carbons (Fsp3) is 0.500. The second-order valence-corrected chi connectivity index (χ2v) is 4.65. The quantitative estimate of drug-likeness (QED) is 0.852. The fourth-order valence-corrected chi connectivity index (χ4v) is 2.19. The molecule has 1 atom stereocenters. The molecule has 1 heterocycles. The molecule has 1 aliphatic rings. The van der Waals surface area contributed by atoms with Crippen LogP contribution in [0.4, 0.5) is 5.69 Å². The molecule has 1 aromatic carbocycles. The highest BCUT2D eigenvalue weighted by Gasteiger charge is 2.31. The standard InChI is InChI=1S/C12H17ClN2O/c13-10-4-1-2-5-11(10)15-12(8-14)6-3-7-16-9-12/h1-2,4-5,15H,3,6-9,14H2. The second-order valence-electron chi connectivity index (χ2n) is 4.25. The Labute approximate surface area is 101 Å². The normalized spacial score (nSPS) is 25.4. The third-order valence-corrected chi connectivity index (χ3v) is 3.32. The summed E-state index contributed by atoms with van der Waals surface area (Å²) in [5.74, 6) is 0. The monoisotopic (exact) mass is 240 g/mol. The van der Waals surface area contributed by atoms with Gasteiger partial charge in [-0.25, -0.2) is 0 Å². The Morgan fingerprint density at radius 3 is 2.88 bits per heavy atom. The summed E-state index contributed by atoms with van der Waals surface area (Å²) >= 11 is 6.12. The molecule has 1 fully saturated rings. The van der Waals surface area contributed by atoms with Crippen molar-refractivity contribution in [2.75, 3.05) is 25.1 Å². The number of hydrogen-bond donors (Lipinski definition) is 2. The number of nitrogens with two attached hydrogens (primary N) is 1. The van der Waals surface area contributed by atoms with E-state index in [1.807, 2.05) is 24.3 Å². The van der Waals surface area contributed by atoms with Gasteiger partial charge in [0.1, 0.15) is 0 Å². The van der Waals surface area contributed by atoms with Crippen molar-refractivity contribution in [1.82, 2.24) is 0 Å². The molecular weight excluding hydrogens is 224 g/mol. The summed E-state index contributed by atoms with van der Waals surface area (Å²) in [6.07, 6.45) is 2.06. The highest BCUT2D eigenvalue weighted by molar-refractivity contribution is 6.33. The van der Waals surface area contributed by atoms with Gasteiger partial charge in [0.05, 0.1) is 22.9 Å². The van der Waals surface area contributed by atoms with Crippen LogP contribution in [0, 0.1) is 0 Å². The molecule has 0 aliphatic carbocycles. The first kappa shape index (κ1) is 11.7. The lowest BCUT2D eigenvalue weighted by Crippen LogP contribution is -2.51. The summed E-state index contributed by atoms with van der Waals surface area (Å²) in [6, 6.07) is 7.72. The van der Waals surface area contributed by atoms with E-state index >= 15 is 0 Å². The van der Waals surface area contributed by atoms with E-state index in [1.165, 1.54) is 0 Å². The summed E-state index contributed by atoms with van der Waals surface area (Å²) in [7, 11) is 0. The summed E-state index contributed by atoms with van der Waals surface area (Å²) in [5, 5.41) is 4.15. The van der Waals surface area contributed by atoms with Crippen LogP contribution in [0.25, 0.3) is 0 Å². The summed E-state index contributed by atoms with van der Waals surface area (Å²) in [5.41, 5.74) is 6.62. The molecule has 1 aromatic rings. The molecule has 3 N–H and O–H groups in total. The number of para-hydroxylation sites is 1. The molecule has 16 heavy (non-hydrogen) atoms. The Kier molecular flexibility index (Phi) is 3.69. The first-order valence-electron chi connectivity index (χ1n) is 5.56. The Morgan fingerprint density at radius 1 is 1.44 bits per heavy atom. The molecule has 1 saturated heterocycles. The Balaban J connectivity index is 2.15. The molecule has 1 unspecified atom stereocenters. The maximum atomic E-state index is 6.12. The van der Waals surface area contributed by atoms with Crippen molar-refractivity contribution >= 4 is 17.3 Å². The number of rotatable bonds is 3. The Morgan fingerprint density at radius 2 is 2.25 bits per heavy atom. The van der Waals surface area contributed by atoms with Crippen LogP contribution in [0.3, 0.4) is 0 Å². The van der Waals surface area contributed by atoms with Crippen molar-refractivity contribution in [1.29, 1.82) is 0 Å². The van der Waals surface area contributed by atoms with E-state index in [-0.39, 0.29) is 5.54 Å². The number of benzene rings is 1. The largest absolute Gasteiger partial charge is 0.379 e. The van der Waals surface area contributed by atoms with Crippen LogP contribution in [0.2, 0.25) is 5.02 Å². The zero-order valence-electron chi connectivity index (χ0n) is 9.21. The van der Waals surface area contributed by atoms with Gasteiger partial charge in [-0.05, 0) is 25.0 Å². The lowest BCUT2D eigenvalue weighted by atomic mass is 9.92. The van der Waals surface area contributed by atoms with Crippen molar-refractivity contribution in [2.45, 2.75) is 18.4 Å². The van der Waals surface area contributed by atoms with E-state index < -0.39 is 0 Å². The Bertz CT molecular complexity index is 351. The van der Waals surface area contributed by atoms with E-state index in [0.717, 1.165) is 30.2 Å². The van der Waals surface area contributed by atoms with Crippen molar-refractivity contribution < 1.29 is 4.74 Å². The molecule has 0 bridgehead atoms. The van der Waals surface area contributed by atoms with Gasteiger partial charge in [0.25, 0.3) is 0 Å². The molecular formula is C12H17ClN2O. The highest BCUT2D eigenvalue weighted by atomic mass is 35.5. The second kappa shape index (κ2) is 5.04. The van der Waals surface area contributed by atoms with Gasteiger partial charge in [-0.15, -0.1) is 0 Å². The first-order chi connectivity index (χ1) is 7.76. The van der Waals surface area contributed by atoms with Gasteiger partial charge in [0.15, 0.2) is 0 Å². The zero-order valence-corrected chi connectivity index (χ0v) is 9.96. The average molecular weight is 241 g/mol. The van der Waals surface area contributed by atoms with Gasteiger partial charge in [-0.2, -0.15) is 0 Å². The smallest absolute Gasteiger partial charge is 0.0729 e. The maximum Gasteiger partial charge on any atom is 0.0729 e. The maximum absolute atomic E-state index is 6.12. The van der Waals surface area contributed by atoms with Gasteiger partial charge in [0.2, 0.25) is 0 Å². The SMILES string of the molecule is NCC1(Nc2ccccc2Cl)CCCOC1. The molecule has 0 aromatic heterocycles. The highest BCUT2D eigenvalue weighted by Crippen LogP contribution is 2.28. The Hall–Kier alpha value is -0.770. The first-order valence-corrected chi connectivity index (χ1v) is 5.94. The van der Waals surface area contributed by atoms with Crippen molar-refractivity contribution in [3.8, 4) is 0 Å². The molecule has 0 amide bonds. The van der Waals surface area contributed by atoms with Crippen LogP contribution in [0.1, 0.15) is 12.8 Å². The van der Waals surface area contributed by atoms with Gasteiger partial charge < -0.3 is 15.8 Å². The molecule has 2 rings (SSSR count). The van der Waals surface area contributed by atoms with Crippen LogP contribution < -0.4 is 11.1 Å². The molecule has 0 saturated carbocycles. The van der Waals surface area contributed by atoms with E-state index in [0.29, 0.717) is 13.2 Å². The number of nitrogens with one attached hydrogen (secondary N) is 1. The molecule has 0 radical (unpaired) electrons. The van der Waals surface area contributed by atoms with Gasteiger partial charge >= 0.3 is 0 Å². The lowest BCUT2D eigenvalue weighted by molar-refractivity contribution is 0.0503. The molecule has 3 nitrogen and oxygen atoms in total. The van der Waals surface area contributed by atoms with E-state index in [4.69, 9.17) is 22.1 Å². The zero-order chi connectivity index (χ0) is 11.4. The number of ether oxygens (including phenoxy) is 1. The van der Waals surface area contributed by atoms with Crippen LogP contribution in [-0.4, -0.2) is 25.3 Å². The average Bonchev–Trinajstić information content (AvgIpc) is 2.33. The molecule has 0 spiro atoms. The van der Waals surface area contributed by atoms with Crippen molar-refractivity contribution in [2.24, 2.45) is 5.73 Å². The third kappa shape index (κ3) is 2.48. The fourth-order valence-electron chi connectivity index (χ4n) is 2.01. The molecule has 88 valence electrons. The lowest BCUT2D eigenvalue weighted by Gasteiger charge is -2.37. The number of halogens is 1. The van der Waals surface area contributed by atoms with Crippen LogP contribution >= 0.6 is 11.6 Å². The predicted molar refractivity (Wildman–Crippen MR) is 66.9 cm³/mol. The molecule has 1 aliphatic heterocycles. The van der Waals surface area contributed by atoms with E-state index in [2.05, 4.69) is 5.32 Å². The minimum Gasteiger partial charge on any atom is -0.379 e. The topological polar surface area (TPSA) is 47.3 Å². The van der Waals surface area contributed by atoms with Gasteiger partial charge in [-0.3, -0.25) is 0 Å². The van der Waals surface area contributed by atoms with Crippen LogP contribution in [0.5, 0.6) is 0 Å². The van der Waals surface area contributed by atoms with Crippen molar-refractivity contribution in [3.63, 3.8) is 0 Å². The van der Waals surface area contributed by atoms with Crippen LogP contribution in [-0.2, 0) is 4.74 Å². The predicted octanol–water partition coefficient (Wildman–Crippen LogP) is 2.26. The molecule has 4 heteroatoms. The summed E-state index contributed by atoms with van der Waals surface area (Å²) < 4.78 is 5.50. The van der Waals surface area contributed by atoms with E-state index in [9.17, 15) is 0 Å². The van der Waals surface area contributed by atoms with Gasteiger partial charge in [-0.1, -0.05) is 23.7 Å². The minimum absolute atomic E-state index is 0.163. The van der Waals surface area contributed by atoms with Crippen molar-refractivity contribution in [3.05, 3.63) is 29.3 Å². The summed E-state index contributed by atoms with van der Waals surface area (Å²) in [4.78, 5) is 0. The van der Waals surface area contributed by atoms with Gasteiger partial charge in [0, 0.05) is 13.2 Å². The number of anilines is 1. The number of hydrogen-bond acceptors (Lipinski definition) is 3. The van der Waals surface area contributed by atoms with E-state index in [1.54, 1.807) is 0 Å². The van der Waals surface area contributed by atoms with Crippen LogP contribution in [0.15, 0.2) is 24.3 Å². The minimum atomic E-state index is -0.163. The summed E-state index contributed by atoms with van der Waals surface area (Å²) in [6.45, 7) is 2.03.